The molecule has 5 nitrogen and oxygen atoms in total. The first-order valence-electron chi connectivity index (χ1n) is 11.3. The lowest BCUT2D eigenvalue weighted by Gasteiger charge is -2.13. The highest BCUT2D eigenvalue weighted by atomic mass is 35.5. The molecular weight excluding hydrogens is 468 g/mol. The zero-order chi connectivity index (χ0) is 23.7. The number of hydrogen-bond donors (Lipinski definition) is 1. The Morgan fingerprint density at radius 1 is 1.09 bits per heavy atom. The van der Waals surface area contributed by atoms with Gasteiger partial charge in [0, 0.05) is 20.8 Å². The van der Waals surface area contributed by atoms with Crippen LogP contribution in [0.2, 0.25) is 5.02 Å². The predicted octanol–water partition coefficient (Wildman–Crippen LogP) is 6.92. The number of halogens is 1. The van der Waals surface area contributed by atoms with Crippen molar-refractivity contribution in [3.63, 3.8) is 0 Å². The molecule has 1 N–H and O–H groups in total. The number of hydrogen-bond acceptors (Lipinski definition) is 5. The molecule has 1 aliphatic carbocycles. The largest absolute Gasteiger partial charge is 0.462 e. The van der Waals surface area contributed by atoms with Crippen molar-refractivity contribution in [2.24, 2.45) is 0 Å². The molecule has 4 aromatic rings. The summed E-state index contributed by atoms with van der Waals surface area (Å²) in [5.41, 5.74) is 4.05. The number of pyridine rings is 1. The van der Waals surface area contributed by atoms with E-state index in [4.69, 9.17) is 21.3 Å². The van der Waals surface area contributed by atoms with E-state index in [9.17, 15) is 9.59 Å². The van der Waals surface area contributed by atoms with Gasteiger partial charge in [0.15, 0.2) is 0 Å². The number of carbonyl (C=O) groups excluding carboxylic acids is 2. The number of carbonyl (C=O) groups is 2. The molecule has 5 rings (SSSR count). The van der Waals surface area contributed by atoms with Crippen molar-refractivity contribution in [2.45, 2.75) is 32.6 Å². The van der Waals surface area contributed by atoms with E-state index >= 15 is 0 Å². The van der Waals surface area contributed by atoms with Crippen LogP contribution in [0.5, 0.6) is 0 Å². The molecule has 2 heterocycles. The third-order valence-corrected chi connectivity index (χ3v) is 7.53. The van der Waals surface area contributed by atoms with Crippen molar-refractivity contribution >= 4 is 50.7 Å². The molecule has 0 bridgehead atoms. The summed E-state index contributed by atoms with van der Waals surface area (Å²) < 4.78 is 5.33. The van der Waals surface area contributed by atoms with Crippen LogP contribution in [0, 0.1) is 0 Å². The third kappa shape index (κ3) is 4.19. The maximum atomic E-state index is 13.6. The Bertz CT molecular complexity index is 1410. The van der Waals surface area contributed by atoms with E-state index in [0.29, 0.717) is 32.4 Å². The van der Waals surface area contributed by atoms with E-state index in [1.54, 1.807) is 19.1 Å². The highest BCUT2D eigenvalue weighted by Gasteiger charge is 2.28. The Kier molecular flexibility index (Phi) is 6.35. The summed E-state index contributed by atoms with van der Waals surface area (Å²) in [5.74, 6) is -0.676. The zero-order valence-electron chi connectivity index (χ0n) is 18.7. The van der Waals surface area contributed by atoms with Gasteiger partial charge in [-0.25, -0.2) is 9.78 Å². The number of aromatic nitrogens is 1. The monoisotopic (exact) mass is 490 g/mol. The van der Waals surface area contributed by atoms with Gasteiger partial charge in [-0.05, 0) is 56.4 Å². The molecule has 7 heteroatoms. The molecule has 0 saturated heterocycles. The van der Waals surface area contributed by atoms with Crippen molar-refractivity contribution in [3.05, 3.63) is 81.2 Å². The summed E-state index contributed by atoms with van der Waals surface area (Å²) in [4.78, 5) is 32.3. The van der Waals surface area contributed by atoms with Crippen molar-refractivity contribution in [3.8, 4) is 11.3 Å². The Morgan fingerprint density at radius 3 is 2.68 bits per heavy atom. The van der Waals surface area contributed by atoms with Crippen LogP contribution >= 0.6 is 22.9 Å². The van der Waals surface area contributed by atoms with E-state index < -0.39 is 0 Å². The molecule has 0 saturated carbocycles. The number of fused-ring (bicyclic) bond motifs is 2. The summed E-state index contributed by atoms with van der Waals surface area (Å²) in [6.07, 6.45) is 3.85. The number of thiophene rings is 1. The molecule has 2 aromatic carbocycles. The topological polar surface area (TPSA) is 68.3 Å². The molecule has 1 aliphatic rings. The molecule has 34 heavy (non-hydrogen) atoms. The Morgan fingerprint density at radius 2 is 1.85 bits per heavy atom. The molecule has 0 unspecified atom stereocenters. The van der Waals surface area contributed by atoms with Crippen LogP contribution in [-0.4, -0.2) is 23.5 Å². The number of esters is 1. The van der Waals surface area contributed by atoms with E-state index in [1.807, 2.05) is 42.5 Å². The van der Waals surface area contributed by atoms with Crippen molar-refractivity contribution in [1.29, 1.82) is 0 Å². The van der Waals surface area contributed by atoms with Gasteiger partial charge >= 0.3 is 5.97 Å². The Balaban J connectivity index is 1.59. The van der Waals surface area contributed by atoms with Gasteiger partial charge in [0.1, 0.15) is 5.00 Å². The second-order valence-corrected chi connectivity index (χ2v) is 9.65. The van der Waals surface area contributed by atoms with Gasteiger partial charge in [-0.15, -0.1) is 11.3 Å². The van der Waals surface area contributed by atoms with Gasteiger partial charge in [0.2, 0.25) is 0 Å². The van der Waals surface area contributed by atoms with E-state index in [0.717, 1.165) is 47.1 Å². The van der Waals surface area contributed by atoms with Gasteiger partial charge in [-0.1, -0.05) is 48.0 Å². The summed E-state index contributed by atoms with van der Waals surface area (Å²) in [6, 6.07) is 16.7. The van der Waals surface area contributed by atoms with Crippen molar-refractivity contribution in [1.82, 2.24) is 4.98 Å². The smallest absolute Gasteiger partial charge is 0.341 e. The summed E-state index contributed by atoms with van der Waals surface area (Å²) >= 11 is 7.90. The standard InChI is InChI=1S/C27H23ClN2O3S/c1-2-33-27(32)24-18-11-5-8-14-23(18)34-26(24)30-25(31)19-15-22(17-10-3-6-12-20(17)28)29-21-13-7-4-9-16(19)21/h3-4,6-7,9-10,12-13,15H,2,5,8,11,14H2,1H3,(H,30,31). The van der Waals surface area contributed by atoms with Gasteiger partial charge in [-0.2, -0.15) is 0 Å². The second kappa shape index (κ2) is 9.57. The molecular formula is C27H23ClN2O3S. The fourth-order valence-corrected chi connectivity index (χ4v) is 5.92. The molecule has 0 radical (unpaired) electrons. The number of ether oxygens (including phenoxy) is 1. The highest BCUT2D eigenvalue weighted by Crippen LogP contribution is 2.39. The number of para-hydroxylation sites is 1. The van der Waals surface area contributed by atoms with Crippen LogP contribution in [0.1, 0.15) is 50.9 Å². The quantitative estimate of drug-likeness (QED) is 0.308. The first kappa shape index (κ1) is 22.6. The maximum absolute atomic E-state index is 13.6. The van der Waals surface area contributed by atoms with Crippen LogP contribution in [0.3, 0.4) is 0 Å². The second-order valence-electron chi connectivity index (χ2n) is 8.14. The van der Waals surface area contributed by atoms with Gasteiger partial charge in [0.25, 0.3) is 5.91 Å². The molecule has 2 aromatic heterocycles. The molecule has 0 fully saturated rings. The maximum Gasteiger partial charge on any atom is 0.341 e. The molecule has 0 aliphatic heterocycles. The first-order chi connectivity index (χ1) is 16.6. The van der Waals surface area contributed by atoms with Crippen molar-refractivity contribution in [2.75, 3.05) is 11.9 Å². The number of anilines is 1. The number of aryl methyl sites for hydroxylation is 1. The zero-order valence-corrected chi connectivity index (χ0v) is 20.3. The van der Waals surface area contributed by atoms with Gasteiger partial charge < -0.3 is 10.1 Å². The number of benzene rings is 2. The first-order valence-corrected chi connectivity index (χ1v) is 12.5. The summed E-state index contributed by atoms with van der Waals surface area (Å²) in [6.45, 7) is 2.07. The molecule has 0 atom stereocenters. The minimum Gasteiger partial charge on any atom is -0.462 e. The Labute approximate surface area is 206 Å². The minimum absolute atomic E-state index is 0.285. The molecule has 0 spiro atoms. The number of nitrogens with one attached hydrogen (secondary N) is 1. The Hall–Kier alpha value is -3.22. The fraction of sp³-hybridized carbons (Fsp3) is 0.222. The van der Waals surface area contributed by atoms with Crippen LogP contribution < -0.4 is 5.32 Å². The molecule has 1 amide bonds. The van der Waals surface area contributed by atoms with E-state index in [2.05, 4.69) is 5.32 Å². The lowest BCUT2D eigenvalue weighted by atomic mass is 9.95. The van der Waals surface area contributed by atoms with Crippen LogP contribution in [0.4, 0.5) is 5.00 Å². The summed E-state index contributed by atoms with van der Waals surface area (Å²) in [7, 11) is 0. The normalized spacial score (nSPS) is 12.9. The number of nitrogens with zero attached hydrogens (tertiary/aromatic N) is 1. The summed E-state index contributed by atoms with van der Waals surface area (Å²) in [5, 5.41) is 4.87. The van der Waals surface area contributed by atoms with Crippen LogP contribution in [0.15, 0.2) is 54.6 Å². The highest BCUT2D eigenvalue weighted by molar-refractivity contribution is 7.17. The fourth-order valence-electron chi connectivity index (χ4n) is 4.41. The minimum atomic E-state index is -0.381. The number of amides is 1. The average molecular weight is 491 g/mol. The van der Waals surface area contributed by atoms with Crippen LogP contribution in [0.25, 0.3) is 22.2 Å². The third-order valence-electron chi connectivity index (χ3n) is 5.99. The van der Waals surface area contributed by atoms with Gasteiger partial charge in [-0.3, -0.25) is 4.79 Å². The molecule has 172 valence electrons. The predicted molar refractivity (Wildman–Crippen MR) is 137 cm³/mol. The lowest BCUT2D eigenvalue weighted by molar-refractivity contribution is 0.0526. The SMILES string of the molecule is CCOC(=O)c1c(NC(=O)c2cc(-c3ccccc3Cl)nc3ccccc23)sc2c1CCCC2. The van der Waals surface area contributed by atoms with E-state index in [1.165, 1.54) is 11.3 Å². The average Bonchev–Trinajstić information content (AvgIpc) is 3.21. The van der Waals surface area contributed by atoms with Gasteiger partial charge in [0.05, 0.1) is 28.9 Å². The van der Waals surface area contributed by atoms with Crippen LogP contribution in [-0.2, 0) is 17.6 Å². The van der Waals surface area contributed by atoms with Crippen molar-refractivity contribution < 1.29 is 14.3 Å². The lowest BCUT2D eigenvalue weighted by Crippen LogP contribution is -2.16. The number of rotatable bonds is 5. The van der Waals surface area contributed by atoms with E-state index in [-0.39, 0.29) is 18.5 Å².